The molecule has 1 amide bonds. The van der Waals surface area contributed by atoms with E-state index in [2.05, 4.69) is 8.75 Å². The monoisotopic (exact) mass is 333 g/mol. The Kier molecular flexibility index (Phi) is 5.07. The first-order chi connectivity index (χ1) is 11.2. The first-order valence-electron chi connectivity index (χ1n) is 7.68. The molecule has 0 spiro atoms. The van der Waals surface area contributed by atoms with E-state index in [0.29, 0.717) is 25.5 Å². The molecular formula is C16H19N3O3S. The van der Waals surface area contributed by atoms with E-state index in [1.165, 1.54) is 0 Å². The molecule has 1 atom stereocenters. The lowest BCUT2D eigenvalue weighted by Gasteiger charge is -2.16. The fourth-order valence-electron chi connectivity index (χ4n) is 2.59. The molecule has 6 nitrogen and oxygen atoms in total. The van der Waals surface area contributed by atoms with Crippen LogP contribution in [0.5, 0.6) is 11.6 Å². The number of likely N-dealkylation sites (tertiary alicyclic amines) is 1. The van der Waals surface area contributed by atoms with E-state index in [9.17, 15) is 4.79 Å². The second kappa shape index (κ2) is 7.41. The molecule has 122 valence electrons. The third-order valence-corrected chi connectivity index (χ3v) is 4.18. The normalized spacial score (nSPS) is 17.3. The first kappa shape index (κ1) is 15.7. The van der Waals surface area contributed by atoms with Crippen molar-refractivity contribution in [3.05, 3.63) is 36.0 Å². The Morgan fingerprint density at radius 3 is 2.91 bits per heavy atom. The average molecular weight is 333 g/mol. The lowest BCUT2D eigenvalue weighted by molar-refractivity contribution is -0.129. The second-order valence-corrected chi connectivity index (χ2v) is 5.92. The van der Waals surface area contributed by atoms with Crippen LogP contribution in [-0.2, 0) is 11.2 Å². The average Bonchev–Trinajstić information content (AvgIpc) is 3.22. The van der Waals surface area contributed by atoms with Gasteiger partial charge in [0, 0.05) is 13.0 Å². The number of carbonyl (C=O) groups excluding carboxylic acids is 1. The zero-order chi connectivity index (χ0) is 16.1. The summed E-state index contributed by atoms with van der Waals surface area (Å²) in [4.78, 5) is 14.2. The van der Waals surface area contributed by atoms with Gasteiger partial charge in [-0.2, -0.15) is 4.37 Å². The maximum absolute atomic E-state index is 12.4. The summed E-state index contributed by atoms with van der Waals surface area (Å²) in [5.74, 6) is 1.49. The van der Waals surface area contributed by atoms with Gasteiger partial charge in [0.1, 0.15) is 18.1 Å². The molecule has 0 N–H and O–H groups in total. The van der Waals surface area contributed by atoms with Gasteiger partial charge in [-0.25, -0.2) is 0 Å². The van der Waals surface area contributed by atoms with Crippen molar-refractivity contribution >= 4 is 17.6 Å². The number of amides is 1. The van der Waals surface area contributed by atoms with Crippen LogP contribution in [0, 0.1) is 0 Å². The molecule has 2 heterocycles. The third-order valence-electron chi connectivity index (χ3n) is 3.72. The van der Waals surface area contributed by atoms with Crippen molar-refractivity contribution in [3.8, 4) is 11.6 Å². The van der Waals surface area contributed by atoms with Crippen LogP contribution in [-0.4, -0.2) is 45.4 Å². The highest BCUT2D eigenvalue weighted by atomic mass is 32.1. The molecule has 1 fully saturated rings. The quantitative estimate of drug-likeness (QED) is 0.810. The number of nitrogens with zero attached hydrogens (tertiary/aromatic N) is 3. The van der Waals surface area contributed by atoms with Crippen LogP contribution in [0.1, 0.15) is 18.9 Å². The van der Waals surface area contributed by atoms with Crippen molar-refractivity contribution in [2.75, 3.05) is 19.7 Å². The molecule has 1 aromatic heterocycles. The third kappa shape index (κ3) is 4.19. The maximum atomic E-state index is 12.4. The van der Waals surface area contributed by atoms with Crippen LogP contribution in [0.25, 0.3) is 0 Å². The van der Waals surface area contributed by atoms with Crippen LogP contribution in [0.2, 0.25) is 0 Å². The van der Waals surface area contributed by atoms with Crippen LogP contribution in [0.15, 0.2) is 30.5 Å². The molecule has 1 aromatic carbocycles. The van der Waals surface area contributed by atoms with Gasteiger partial charge >= 0.3 is 0 Å². The van der Waals surface area contributed by atoms with Crippen molar-refractivity contribution in [3.63, 3.8) is 0 Å². The van der Waals surface area contributed by atoms with E-state index in [4.69, 9.17) is 9.47 Å². The summed E-state index contributed by atoms with van der Waals surface area (Å²) < 4.78 is 19.1. The predicted octanol–water partition coefficient (Wildman–Crippen LogP) is 2.16. The topological polar surface area (TPSA) is 64.5 Å². The Morgan fingerprint density at radius 2 is 2.22 bits per heavy atom. The van der Waals surface area contributed by atoms with Gasteiger partial charge in [-0.1, -0.05) is 12.1 Å². The Bertz CT molecular complexity index is 631. The fourth-order valence-corrected chi connectivity index (χ4v) is 2.94. The SMILES string of the molecule is CCOc1ccc(CC(=O)N2CCC(Oc3cnsn3)C2)cc1. The fraction of sp³-hybridized carbons (Fsp3) is 0.438. The number of hydrogen-bond acceptors (Lipinski definition) is 6. The Labute approximate surface area is 139 Å². The zero-order valence-corrected chi connectivity index (χ0v) is 13.8. The molecule has 7 heteroatoms. The Morgan fingerprint density at radius 1 is 1.39 bits per heavy atom. The number of ether oxygens (including phenoxy) is 2. The largest absolute Gasteiger partial charge is 0.494 e. The molecule has 0 bridgehead atoms. The highest BCUT2D eigenvalue weighted by Gasteiger charge is 2.28. The molecule has 1 unspecified atom stereocenters. The Hall–Kier alpha value is -2.15. The maximum Gasteiger partial charge on any atom is 0.246 e. The van der Waals surface area contributed by atoms with Gasteiger partial charge in [-0.3, -0.25) is 4.79 Å². The standard InChI is InChI=1S/C16H19N3O3S/c1-2-21-13-5-3-12(4-6-13)9-16(20)19-8-7-14(11-19)22-15-10-17-23-18-15/h3-6,10,14H,2,7-9,11H2,1H3. The molecule has 23 heavy (non-hydrogen) atoms. The zero-order valence-electron chi connectivity index (χ0n) is 13.0. The minimum absolute atomic E-state index is 0.00294. The highest BCUT2D eigenvalue weighted by Crippen LogP contribution is 2.18. The number of hydrogen-bond donors (Lipinski definition) is 0. The summed E-state index contributed by atoms with van der Waals surface area (Å²) in [6.07, 6.45) is 2.84. The minimum atomic E-state index is 0.00294. The van der Waals surface area contributed by atoms with Gasteiger partial charge in [0.15, 0.2) is 0 Å². The summed E-state index contributed by atoms with van der Waals surface area (Å²) in [6.45, 7) is 3.92. The number of aromatic nitrogens is 2. The number of rotatable bonds is 6. The molecule has 1 aliphatic rings. The van der Waals surface area contributed by atoms with Gasteiger partial charge in [-0.15, -0.1) is 4.37 Å². The molecule has 0 radical (unpaired) electrons. The van der Waals surface area contributed by atoms with E-state index in [-0.39, 0.29) is 12.0 Å². The molecule has 2 aromatic rings. The Balaban J connectivity index is 1.50. The van der Waals surface area contributed by atoms with Crippen molar-refractivity contribution in [1.29, 1.82) is 0 Å². The number of carbonyl (C=O) groups is 1. The number of benzene rings is 1. The summed E-state index contributed by atoms with van der Waals surface area (Å²) in [5, 5.41) is 0. The molecule has 0 aliphatic carbocycles. The van der Waals surface area contributed by atoms with Crippen molar-refractivity contribution in [2.24, 2.45) is 0 Å². The van der Waals surface area contributed by atoms with Crippen molar-refractivity contribution < 1.29 is 14.3 Å². The summed E-state index contributed by atoms with van der Waals surface area (Å²) in [6, 6.07) is 7.68. The highest BCUT2D eigenvalue weighted by molar-refractivity contribution is 6.99. The summed E-state index contributed by atoms with van der Waals surface area (Å²) in [7, 11) is 0. The molecule has 3 rings (SSSR count). The summed E-state index contributed by atoms with van der Waals surface area (Å²) in [5.41, 5.74) is 0.992. The van der Waals surface area contributed by atoms with Gasteiger partial charge in [0.05, 0.1) is 31.3 Å². The molecule has 1 saturated heterocycles. The van der Waals surface area contributed by atoms with Crippen LogP contribution in [0.4, 0.5) is 0 Å². The second-order valence-electron chi connectivity index (χ2n) is 5.37. The van der Waals surface area contributed by atoms with Crippen LogP contribution >= 0.6 is 11.7 Å². The van der Waals surface area contributed by atoms with E-state index in [1.54, 1.807) is 6.20 Å². The van der Waals surface area contributed by atoms with Gasteiger partial charge in [-0.05, 0) is 24.6 Å². The van der Waals surface area contributed by atoms with E-state index >= 15 is 0 Å². The van der Waals surface area contributed by atoms with Gasteiger partial charge in [0.25, 0.3) is 0 Å². The minimum Gasteiger partial charge on any atom is -0.494 e. The van der Waals surface area contributed by atoms with Crippen LogP contribution in [0.3, 0.4) is 0 Å². The first-order valence-corrected chi connectivity index (χ1v) is 8.41. The van der Waals surface area contributed by atoms with Gasteiger partial charge < -0.3 is 14.4 Å². The molecule has 1 aliphatic heterocycles. The molecular weight excluding hydrogens is 314 g/mol. The van der Waals surface area contributed by atoms with Crippen molar-refractivity contribution in [1.82, 2.24) is 13.6 Å². The van der Waals surface area contributed by atoms with Crippen molar-refractivity contribution in [2.45, 2.75) is 25.9 Å². The molecule has 0 saturated carbocycles. The lowest BCUT2D eigenvalue weighted by Crippen LogP contribution is -2.32. The summed E-state index contributed by atoms with van der Waals surface area (Å²) >= 11 is 1.12. The van der Waals surface area contributed by atoms with Gasteiger partial charge in [0.2, 0.25) is 11.8 Å². The predicted molar refractivity (Wildman–Crippen MR) is 86.8 cm³/mol. The van der Waals surface area contributed by atoms with E-state index in [1.807, 2.05) is 36.1 Å². The van der Waals surface area contributed by atoms with E-state index < -0.39 is 0 Å². The van der Waals surface area contributed by atoms with E-state index in [0.717, 1.165) is 36.0 Å². The smallest absolute Gasteiger partial charge is 0.246 e. The lowest BCUT2D eigenvalue weighted by atomic mass is 10.1. The van der Waals surface area contributed by atoms with Crippen LogP contribution < -0.4 is 9.47 Å².